The van der Waals surface area contributed by atoms with Gasteiger partial charge in [-0.1, -0.05) is 44.5 Å². The molecule has 1 aromatic rings. The van der Waals surface area contributed by atoms with Crippen LogP contribution in [0, 0.1) is 5.92 Å². The molecular weight excluding hydrogens is 200 g/mol. The molecule has 0 bridgehead atoms. The van der Waals surface area contributed by atoms with Crippen LogP contribution >= 0.6 is 0 Å². The van der Waals surface area contributed by atoms with Gasteiger partial charge in [0.2, 0.25) is 0 Å². The molecule has 1 aromatic carbocycles. The van der Waals surface area contributed by atoms with Crippen molar-refractivity contribution in [3.63, 3.8) is 0 Å². The monoisotopic (exact) mass is 220 g/mol. The summed E-state index contributed by atoms with van der Waals surface area (Å²) in [6, 6.07) is 7.94. The Labute approximate surface area is 97.3 Å². The van der Waals surface area contributed by atoms with Gasteiger partial charge in [-0.25, -0.2) is 0 Å². The minimum Gasteiger partial charge on any atom is -0.481 e. The molecule has 0 heterocycles. The van der Waals surface area contributed by atoms with E-state index in [1.807, 2.05) is 24.3 Å². The summed E-state index contributed by atoms with van der Waals surface area (Å²) in [6.45, 7) is 6.13. The molecule has 1 N–H and O–H groups in total. The van der Waals surface area contributed by atoms with Crippen molar-refractivity contribution in [3.05, 3.63) is 35.4 Å². The molecule has 1 unspecified atom stereocenters. The zero-order valence-corrected chi connectivity index (χ0v) is 10.2. The van der Waals surface area contributed by atoms with E-state index in [0.717, 1.165) is 12.0 Å². The first kappa shape index (κ1) is 12.8. The predicted octanol–water partition coefficient (Wildman–Crippen LogP) is 3.46. The summed E-state index contributed by atoms with van der Waals surface area (Å²) in [5.41, 5.74) is 2.16. The van der Waals surface area contributed by atoms with Gasteiger partial charge in [0.05, 0.1) is 5.92 Å². The third-order valence-electron chi connectivity index (χ3n) is 3.13. The van der Waals surface area contributed by atoms with E-state index in [0.29, 0.717) is 5.92 Å². The van der Waals surface area contributed by atoms with Crippen molar-refractivity contribution in [2.24, 2.45) is 5.92 Å². The molecule has 88 valence electrons. The lowest BCUT2D eigenvalue weighted by Gasteiger charge is -2.10. The second-order valence-corrected chi connectivity index (χ2v) is 4.52. The van der Waals surface area contributed by atoms with Gasteiger partial charge in [0.15, 0.2) is 0 Å². The number of rotatable bonds is 5. The number of aliphatic carboxylic acids is 1. The van der Waals surface area contributed by atoms with Gasteiger partial charge >= 0.3 is 5.97 Å². The van der Waals surface area contributed by atoms with Gasteiger partial charge in [0, 0.05) is 0 Å². The summed E-state index contributed by atoms with van der Waals surface area (Å²) < 4.78 is 0. The Morgan fingerprint density at radius 1 is 1.25 bits per heavy atom. The maximum atomic E-state index is 10.8. The maximum absolute atomic E-state index is 10.8. The van der Waals surface area contributed by atoms with Gasteiger partial charge in [-0.15, -0.1) is 0 Å². The first-order valence-corrected chi connectivity index (χ1v) is 5.86. The fourth-order valence-corrected chi connectivity index (χ4v) is 1.63. The van der Waals surface area contributed by atoms with Crippen molar-refractivity contribution in [3.8, 4) is 0 Å². The predicted molar refractivity (Wildman–Crippen MR) is 65.7 cm³/mol. The highest BCUT2D eigenvalue weighted by Gasteiger charge is 2.13. The van der Waals surface area contributed by atoms with Crippen LogP contribution in [0.15, 0.2) is 24.3 Å². The SMILES string of the molecule is CCC(C)Cc1ccc([C@@H](C)C(=O)O)cc1. The van der Waals surface area contributed by atoms with Crippen LogP contribution in [-0.2, 0) is 11.2 Å². The lowest BCUT2D eigenvalue weighted by atomic mass is 9.95. The first-order chi connectivity index (χ1) is 7.54. The molecule has 2 heteroatoms. The Balaban J connectivity index is 2.71. The van der Waals surface area contributed by atoms with Gasteiger partial charge in [-0.2, -0.15) is 0 Å². The molecule has 0 aliphatic rings. The Hall–Kier alpha value is -1.31. The summed E-state index contributed by atoms with van der Waals surface area (Å²) in [6.07, 6.45) is 2.24. The number of carboxylic acids is 1. The van der Waals surface area contributed by atoms with Crippen LogP contribution in [0.25, 0.3) is 0 Å². The Morgan fingerprint density at radius 2 is 1.81 bits per heavy atom. The fourth-order valence-electron chi connectivity index (χ4n) is 1.63. The highest BCUT2D eigenvalue weighted by atomic mass is 16.4. The van der Waals surface area contributed by atoms with Crippen molar-refractivity contribution in [1.82, 2.24) is 0 Å². The van der Waals surface area contributed by atoms with Crippen molar-refractivity contribution < 1.29 is 9.90 Å². The van der Waals surface area contributed by atoms with Crippen LogP contribution in [0.2, 0.25) is 0 Å². The lowest BCUT2D eigenvalue weighted by molar-refractivity contribution is -0.138. The van der Waals surface area contributed by atoms with E-state index in [2.05, 4.69) is 13.8 Å². The molecule has 0 saturated heterocycles. The Kier molecular flexibility index (Phi) is 4.53. The minimum absolute atomic E-state index is 0.419. The molecule has 0 saturated carbocycles. The third kappa shape index (κ3) is 3.37. The summed E-state index contributed by atoms with van der Waals surface area (Å²) >= 11 is 0. The molecule has 0 fully saturated rings. The molecule has 2 atom stereocenters. The highest BCUT2D eigenvalue weighted by molar-refractivity contribution is 5.75. The zero-order valence-electron chi connectivity index (χ0n) is 10.2. The zero-order chi connectivity index (χ0) is 12.1. The lowest BCUT2D eigenvalue weighted by Crippen LogP contribution is -2.07. The van der Waals surface area contributed by atoms with Crippen LogP contribution in [0.5, 0.6) is 0 Å². The second-order valence-electron chi connectivity index (χ2n) is 4.52. The van der Waals surface area contributed by atoms with Crippen LogP contribution in [0.3, 0.4) is 0 Å². The van der Waals surface area contributed by atoms with E-state index in [9.17, 15) is 4.79 Å². The van der Waals surface area contributed by atoms with Crippen LogP contribution < -0.4 is 0 Å². The van der Waals surface area contributed by atoms with Crippen molar-refractivity contribution in [2.75, 3.05) is 0 Å². The number of hydrogen-bond acceptors (Lipinski definition) is 1. The van der Waals surface area contributed by atoms with Gasteiger partial charge in [0.25, 0.3) is 0 Å². The molecule has 16 heavy (non-hydrogen) atoms. The van der Waals surface area contributed by atoms with Crippen LogP contribution in [-0.4, -0.2) is 11.1 Å². The maximum Gasteiger partial charge on any atom is 0.310 e. The van der Waals surface area contributed by atoms with E-state index in [-0.39, 0.29) is 0 Å². The Bertz CT molecular complexity index is 340. The molecule has 0 amide bonds. The molecule has 0 aliphatic carbocycles. The number of benzene rings is 1. The summed E-state index contributed by atoms with van der Waals surface area (Å²) in [7, 11) is 0. The van der Waals surface area contributed by atoms with E-state index in [1.54, 1.807) is 6.92 Å². The number of carboxylic acid groups (broad SMARTS) is 1. The average Bonchev–Trinajstić information content (AvgIpc) is 2.28. The molecule has 0 aliphatic heterocycles. The molecule has 0 spiro atoms. The fraction of sp³-hybridized carbons (Fsp3) is 0.500. The molecule has 2 nitrogen and oxygen atoms in total. The largest absolute Gasteiger partial charge is 0.481 e. The molecule has 1 rings (SSSR count). The number of carbonyl (C=O) groups is 1. The van der Waals surface area contributed by atoms with Gasteiger partial charge in [0.1, 0.15) is 0 Å². The topological polar surface area (TPSA) is 37.3 Å². The van der Waals surface area contributed by atoms with E-state index in [1.165, 1.54) is 12.0 Å². The summed E-state index contributed by atoms with van der Waals surface area (Å²) in [5, 5.41) is 8.89. The number of hydrogen-bond donors (Lipinski definition) is 1. The van der Waals surface area contributed by atoms with Gasteiger partial charge in [-0.05, 0) is 30.4 Å². The minimum atomic E-state index is -0.769. The van der Waals surface area contributed by atoms with E-state index >= 15 is 0 Å². The second kappa shape index (κ2) is 5.69. The van der Waals surface area contributed by atoms with Crippen LogP contribution in [0.4, 0.5) is 0 Å². The molecule has 0 radical (unpaired) electrons. The molecule has 0 aromatic heterocycles. The smallest absolute Gasteiger partial charge is 0.310 e. The van der Waals surface area contributed by atoms with E-state index in [4.69, 9.17) is 5.11 Å². The van der Waals surface area contributed by atoms with Gasteiger partial charge in [-0.3, -0.25) is 4.79 Å². The van der Waals surface area contributed by atoms with Gasteiger partial charge < -0.3 is 5.11 Å². The average molecular weight is 220 g/mol. The van der Waals surface area contributed by atoms with E-state index < -0.39 is 11.9 Å². The summed E-state index contributed by atoms with van der Waals surface area (Å²) in [5.74, 6) is -0.505. The summed E-state index contributed by atoms with van der Waals surface area (Å²) in [4.78, 5) is 10.8. The third-order valence-corrected chi connectivity index (χ3v) is 3.13. The first-order valence-electron chi connectivity index (χ1n) is 5.86. The standard InChI is InChI=1S/C14H20O2/c1-4-10(2)9-12-5-7-13(8-6-12)11(3)14(15)16/h5-8,10-11H,4,9H2,1-3H3,(H,15,16)/t10?,11-/m1/s1. The Morgan fingerprint density at radius 3 is 2.25 bits per heavy atom. The normalized spacial score (nSPS) is 14.4. The quantitative estimate of drug-likeness (QED) is 0.825. The molecular formula is C14H20O2. The highest BCUT2D eigenvalue weighted by Crippen LogP contribution is 2.18. The van der Waals surface area contributed by atoms with Crippen molar-refractivity contribution in [1.29, 1.82) is 0 Å². The van der Waals surface area contributed by atoms with Crippen molar-refractivity contribution in [2.45, 2.75) is 39.5 Å². The van der Waals surface area contributed by atoms with Crippen molar-refractivity contribution >= 4 is 5.97 Å². The van der Waals surface area contributed by atoms with Crippen LogP contribution in [0.1, 0.15) is 44.2 Å².